The van der Waals surface area contributed by atoms with E-state index >= 15 is 0 Å². The summed E-state index contributed by atoms with van der Waals surface area (Å²) in [5.74, 6) is 0. The van der Waals surface area contributed by atoms with Crippen molar-refractivity contribution in [1.82, 2.24) is 5.06 Å². The summed E-state index contributed by atoms with van der Waals surface area (Å²) in [5.41, 5.74) is 0. The molecule has 0 heterocycles. The normalized spacial score (nSPS) is 11.6. The van der Waals surface area contributed by atoms with E-state index in [1.54, 1.807) is 0 Å². The summed E-state index contributed by atoms with van der Waals surface area (Å²) in [6.45, 7) is 6.09. The molecule has 0 aromatic carbocycles. The molecule has 0 unspecified atom stereocenters. The van der Waals surface area contributed by atoms with Crippen LogP contribution in [0.3, 0.4) is 0 Å². The number of hydrogen-bond acceptors (Lipinski definition) is 2. The highest BCUT2D eigenvalue weighted by Crippen LogP contribution is 2.14. The van der Waals surface area contributed by atoms with Gasteiger partial charge in [0.25, 0.3) is 0 Å². The Kier molecular flexibility index (Phi) is 28.9. The third-order valence-electron chi connectivity index (χ3n) is 7.02. The second kappa shape index (κ2) is 29.0. The van der Waals surface area contributed by atoms with E-state index in [9.17, 15) is 5.21 Å². The van der Waals surface area contributed by atoms with Gasteiger partial charge in [-0.2, -0.15) is 0 Å². The van der Waals surface area contributed by atoms with Crippen LogP contribution in [-0.2, 0) is 0 Å². The minimum Gasteiger partial charge on any atom is -0.785 e. The summed E-state index contributed by atoms with van der Waals surface area (Å²) in [4.78, 5) is 0. The predicted molar refractivity (Wildman–Crippen MR) is 146 cm³/mol. The van der Waals surface area contributed by atoms with Crippen LogP contribution in [0, 0.1) is 5.21 Å². The Hall–Kier alpha value is -0.0800. The Morgan fingerprint density at radius 2 is 0.500 bits per heavy atom. The molecule has 2 heteroatoms. The maximum Gasteiger partial charge on any atom is -0.0145 e. The van der Waals surface area contributed by atoms with Crippen molar-refractivity contribution in [2.24, 2.45) is 0 Å². The third-order valence-corrected chi connectivity index (χ3v) is 7.02. The Balaban J connectivity index is 3.13. The van der Waals surface area contributed by atoms with Gasteiger partial charge in [-0.1, -0.05) is 168 Å². The van der Waals surface area contributed by atoms with Crippen LogP contribution in [-0.4, -0.2) is 18.2 Å². The van der Waals surface area contributed by atoms with Crippen molar-refractivity contribution in [3.8, 4) is 0 Å². The topological polar surface area (TPSA) is 26.3 Å². The van der Waals surface area contributed by atoms with Crippen molar-refractivity contribution >= 4 is 0 Å². The van der Waals surface area contributed by atoms with Gasteiger partial charge in [0.1, 0.15) is 0 Å². The summed E-state index contributed by atoms with van der Waals surface area (Å²) in [6.07, 6.45) is 35.6. The Morgan fingerprint density at radius 3 is 0.719 bits per heavy atom. The van der Waals surface area contributed by atoms with Gasteiger partial charge in [0.2, 0.25) is 0 Å². The number of nitrogens with zero attached hydrogens (tertiary/aromatic N) is 1. The molecule has 0 saturated carbocycles. The Labute approximate surface area is 204 Å². The summed E-state index contributed by atoms with van der Waals surface area (Å²) in [7, 11) is 0. The van der Waals surface area contributed by atoms with Crippen LogP contribution in [0.5, 0.6) is 0 Å². The second-order valence-electron chi connectivity index (χ2n) is 10.4. The molecule has 32 heavy (non-hydrogen) atoms. The highest BCUT2D eigenvalue weighted by molar-refractivity contribution is 4.59. The van der Waals surface area contributed by atoms with Gasteiger partial charge in [0.15, 0.2) is 0 Å². The van der Waals surface area contributed by atoms with Crippen molar-refractivity contribution in [2.75, 3.05) is 13.1 Å². The highest BCUT2D eigenvalue weighted by Gasteiger charge is 1.97. The first-order valence-electron chi connectivity index (χ1n) is 15.2. The molecular formula is C30H62NO-. The molecule has 2 nitrogen and oxygen atoms in total. The van der Waals surface area contributed by atoms with Crippen LogP contribution in [0.25, 0.3) is 0 Å². The van der Waals surface area contributed by atoms with Gasteiger partial charge in [0, 0.05) is 0 Å². The fourth-order valence-corrected chi connectivity index (χ4v) is 4.72. The van der Waals surface area contributed by atoms with Crippen LogP contribution < -0.4 is 0 Å². The first kappa shape index (κ1) is 31.9. The monoisotopic (exact) mass is 452 g/mol. The van der Waals surface area contributed by atoms with E-state index in [0.717, 1.165) is 25.9 Å². The first-order valence-corrected chi connectivity index (χ1v) is 15.2. The summed E-state index contributed by atoms with van der Waals surface area (Å²) < 4.78 is 0. The van der Waals surface area contributed by atoms with Gasteiger partial charge in [-0.05, 0) is 25.9 Å². The lowest BCUT2D eigenvalue weighted by Gasteiger charge is -2.28. The minimum absolute atomic E-state index is 0.760. The van der Waals surface area contributed by atoms with E-state index in [1.807, 2.05) is 0 Å². The van der Waals surface area contributed by atoms with Gasteiger partial charge in [-0.25, -0.2) is 0 Å². The van der Waals surface area contributed by atoms with Gasteiger partial charge < -0.3 is 10.3 Å². The summed E-state index contributed by atoms with van der Waals surface area (Å²) in [5, 5.41) is 13.3. The number of hydrogen-bond donors (Lipinski definition) is 0. The summed E-state index contributed by atoms with van der Waals surface area (Å²) in [6, 6.07) is 0. The maximum atomic E-state index is 12.0. The third kappa shape index (κ3) is 28.0. The molecule has 0 atom stereocenters. The molecule has 0 aliphatic carbocycles. The van der Waals surface area contributed by atoms with Gasteiger partial charge in [-0.3, -0.25) is 0 Å². The van der Waals surface area contributed by atoms with Crippen molar-refractivity contribution in [1.29, 1.82) is 0 Å². The smallest absolute Gasteiger partial charge is 0.0145 e. The molecule has 0 aromatic rings. The highest BCUT2D eigenvalue weighted by atomic mass is 16.5. The van der Waals surface area contributed by atoms with E-state index in [-0.39, 0.29) is 0 Å². The molecule has 0 N–H and O–H groups in total. The lowest BCUT2D eigenvalue weighted by molar-refractivity contribution is 0.350. The second-order valence-corrected chi connectivity index (χ2v) is 10.4. The average Bonchev–Trinajstić information content (AvgIpc) is 2.80. The zero-order valence-electron chi connectivity index (χ0n) is 22.7. The largest absolute Gasteiger partial charge is 0.785 e. The molecule has 0 fully saturated rings. The minimum atomic E-state index is 0.760. The van der Waals surface area contributed by atoms with Crippen molar-refractivity contribution in [3.63, 3.8) is 0 Å². The SMILES string of the molecule is CCCCCCCCCCCCCCCCN([O-])CCCCCCCCCCCCCC. The van der Waals surface area contributed by atoms with Crippen molar-refractivity contribution in [3.05, 3.63) is 5.21 Å². The molecule has 0 bridgehead atoms. The zero-order valence-corrected chi connectivity index (χ0v) is 22.7. The average molecular weight is 453 g/mol. The van der Waals surface area contributed by atoms with E-state index in [2.05, 4.69) is 13.8 Å². The molecule has 0 aromatic heterocycles. The van der Waals surface area contributed by atoms with Crippen molar-refractivity contribution in [2.45, 2.75) is 181 Å². The first-order chi connectivity index (χ1) is 15.8. The van der Waals surface area contributed by atoms with Gasteiger partial charge in [-0.15, -0.1) is 0 Å². The van der Waals surface area contributed by atoms with E-state index in [4.69, 9.17) is 0 Å². The van der Waals surface area contributed by atoms with Gasteiger partial charge in [0.05, 0.1) is 0 Å². The fraction of sp³-hybridized carbons (Fsp3) is 1.00. The van der Waals surface area contributed by atoms with Crippen LogP contribution in [0.15, 0.2) is 0 Å². The van der Waals surface area contributed by atoms with E-state index < -0.39 is 0 Å². The fourth-order valence-electron chi connectivity index (χ4n) is 4.72. The van der Waals surface area contributed by atoms with Crippen LogP contribution in [0.2, 0.25) is 0 Å². The van der Waals surface area contributed by atoms with Crippen molar-refractivity contribution < 1.29 is 0 Å². The van der Waals surface area contributed by atoms with Crippen LogP contribution in [0.1, 0.15) is 181 Å². The van der Waals surface area contributed by atoms with Crippen LogP contribution in [0.4, 0.5) is 0 Å². The van der Waals surface area contributed by atoms with Crippen LogP contribution >= 0.6 is 0 Å². The molecule has 0 saturated heterocycles. The number of hydroxylamine groups is 2. The maximum absolute atomic E-state index is 12.0. The Bertz CT molecular complexity index is 320. The molecule has 194 valence electrons. The van der Waals surface area contributed by atoms with E-state index in [1.165, 1.54) is 159 Å². The van der Waals surface area contributed by atoms with E-state index in [0.29, 0.717) is 0 Å². The molecule has 0 radical (unpaired) electrons. The molecule has 0 aliphatic heterocycles. The number of rotatable bonds is 28. The molecule has 0 spiro atoms. The zero-order chi connectivity index (χ0) is 23.4. The molecule has 0 amide bonds. The molecular weight excluding hydrogens is 390 g/mol. The lowest BCUT2D eigenvalue weighted by Crippen LogP contribution is -2.18. The Morgan fingerprint density at radius 1 is 0.312 bits per heavy atom. The number of unbranched alkanes of at least 4 members (excludes halogenated alkanes) is 24. The molecule has 0 rings (SSSR count). The summed E-state index contributed by atoms with van der Waals surface area (Å²) >= 11 is 0. The lowest BCUT2D eigenvalue weighted by atomic mass is 10.0. The predicted octanol–water partition coefficient (Wildman–Crippen LogP) is 11.0. The molecule has 0 aliphatic rings. The van der Waals surface area contributed by atoms with Gasteiger partial charge >= 0.3 is 0 Å². The quantitative estimate of drug-likeness (QED) is 0.0871. The standard InChI is InChI=1S/C30H62NO/c1-3-5-7-9-11-13-15-17-18-20-22-24-26-28-30-31(32)29-27-25-23-21-19-16-14-12-10-8-6-4-2/h3-30H2,1-2H3/q-1.